The van der Waals surface area contributed by atoms with Crippen molar-refractivity contribution in [1.82, 2.24) is 15.6 Å². The average Bonchev–Trinajstić information content (AvgIpc) is 2.70. The lowest BCUT2D eigenvalue weighted by Gasteiger charge is -2.22. The monoisotopic (exact) mass is 371 g/mol. The molecule has 27 heavy (non-hydrogen) atoms. The molecule has 1 heterocycles. The van der Waals surface area contributed by atoms with E-state index in [9.17, 15) is 9.59 Å². The smallest absolute Gasteiger partial charge is 0.252 e. The fraction of sp³-hybridized carbons (Fsp3) is 0.350. The summed E-state index contributed by atoms with van der Waals surface area (Å²) in [5.74, 6) is 0.267. The third-order valence-electron chi connectivity index (χ3n) is 4.02. The number of carbonyl (C=O) groups is 2. The molecule has 1 aromatic heterocycles. The highest BCUT2D eigenvalue weighted by Gasteiger charge is 2.25. The predicted octanol–water partition coefficient (Wildman–Crippen LogP) is 2.17. The Kier molecular flexibility index (Phi) is 7.16. The van der Waals surface area contributed by atoms with Crippen molar-refractivity contribution < 1.29 is 19.1 Å². The zero-order valence-corrected chi connectivity index (χ0v) is 16.0. The van der Waals surface area contributed by atoms with Crippen LogP contribution in [0.5, 0.6) is 11.5 Å². The Bertz CT molecular complexity index is 756. The van der Waals surface area contributed by atoms with Crippen LogP contribution < -0.4 is 20.1 Å². The fourth-order valence-electron chi connectivity index (χ4n) is 2.49. The van der Waals surface area contributed by atoms with Crippen LogP contribution in [0.15, 0.2) is 42.6 Å². The van der Waals surface area contributed by atoms with Crippen LogP contribution in [0.1, 0.15) is 29.9 Å². The van der Waals surface area contributed by atoms with E-state index < -0.39 is 6.04 Å². The number of amides is 2. The minimum absolute atomic E-state index is 0.0924. The van der Waals surface area contributed by atoms with E-state index in [4.69, 9.17) is 9.47 Å². The minimum atomic E-state index is -0.682. The topological polar surface area (TPSA) is 89.5 Å². The molecule has 0 unspecified atom stereocenters. The summed E-state index contributed by atoms with van der Waals surface area (Å²) < 4.78 is 10.4. The van der Waals surface area contributed by atoms with Gasteiger partial charge in [0, 0.05) is 17.8 Å². The van der Waals surface area contributed by atoms with Crippen LogP contribution in [0, 0.1) is 5.92 Å². The SMILES string of the molecule is COc1cc(OC)cc(C(=O)N[C@H](C(=O)NCc2ccccn2)C(C)C)c1. The molecule has 1 atom stereocenters. The van der Waals surface area contributed by atoms with Gasteiger partial charge in [-0.25, -0.2) is 0 Å². The van der Waals surface area contributed by atoms with Gasteiger partial charge in [0.1, 0.15) is 17.5 Å². The Labute approximate surface area is 159 Å². The van der Waals surface area contributed by atoms with Gasteiger partial charge >= 0.3 is 0 Å². The molecule has 0 saturated carbocycles. The summed E-state index contributed by atoms with van der Waals surface area (Å²) in [6.45, 7) is 4.04. The normalized spacial score (nSPS) is 11.6. The van der Waals surface area contributed by atoms with Gasteiger partial charge in [-0.15, -0.1) is 0 Å². The van der Waals surface area contributed by atoms with Gasteiger partial charge in [-0.1, -0.05) is 19.9 Å². The van der Waals surface area contributed by atoms with E-state index in [0.717, 1.165) is 5.69 Å². The van der Waals surface area contributed by atoms with Crippen LogP contribution >= 0.6 is 0 Å². The van der Waals surface area contributed by atoms with Gasteiger partial charge in [0.25, 0.3) is 5.91 Å². The molecule has 0 aliphatic carbocycles. The summed E-state index contributed by atoms with van der Waals surface area (Å²) >= 11 is 0. The minimum Gasteiger partial charge on any atom is -0.497 e. The molecule has 0 saturated heterocycles. The largest absolute Gasteiger partial charge is 0.497 e. The molecule has 7 heteroatoms. The van der Waals surface area contributed by atoms with E-state index in [2.05, 4.69) is 15.6 Å². The molecule has 1 aromatic carbocycles. The van der Waals surface area contributed by atoms with Crippen molar-refractivity contribution >= 4 is 11.8 Å². The Morgan fingerprint density at radius 3 is 2.26 bits per heavy atom. The summed E-state index contributed by atoms with van der Waals surface area (Å²) in [5, 5.41) is 5.61. The first kappa shape index (κ1) is 20.2. The van der Waals surface area contributed by atoms with Gasteiger partial charge < -0.3 is 20.1 Å². The number of pyridine rings is 1. The Balaban J connectivity index is 2.08. The summed E-state index contributed by atoms with van der Waals surface area (Å²) in [5.41, 5.74) is 1.10. The number of nitrogens with one attached hydrogen (secondary N) is 2. The molecule has 0 aliphatic heterocycles. The van der Waals surface area contributed by atoms with Crippen LogP contribution in [0.25, 0.3) is 0 Å². The molecule has 2 amide bonds. The number of rotatable bonds is 8. The van der Waals surface area contributed by atoms with E-state index in [1.165, 1.54) is 14.2 Å². The van der Waals surface area contributed by atoms with Crippen molar-refractivity contribution in [3.05, 3.63) is 53.9 Å². The first-order valence-electron chi connectivity index (χ1n) is 8.66. The van der Waals surface area contributed by atoms with Crippen LogP contribution in [0.3, 0.4) is 0 Å². The van der Waals surface area contributed by atoms with Crippen molar-refractivity contribution in [1.29, 1.82) is 0 Å². The second-order valence-electron chi connectivity index (χ2n) is 6.34. The molecule has 2 N–H and O–H groups in total. The first-order chi connectivity index (χ1) is 12.9. The fourth-order valence-corrected chi connectivity index (χ4v) is 2.49. The lowest BCUT2D eigenvalue weighted by molar-refractivity contribution is -0.124. The molecule has 0 fully saturated rings. The van der Waals surface area contributed by atoms with Crippen LogP contribution in [0.4, 0.5) is 0 Å². The van der Waals surface area contributed by atoms with Crippen LogP contribution in [-0.4, -0.2) is 37.1 Å². The van der Waals surface area contributed by atoms with Gasteiger partial charge in [0.15, 0.2) is 0 Å². The third-order valence-corrected chi connectivity index (χ3v) is 4.02. The van der Waals surface area contributed by atoms with Gasteiger partial charge in [0.05, 0.1) is 26.5 Å². The van der Waals surface area contributed by atoms with E-state index in [0.29, 0.717) is 23.6 Å². The van der Waals surface area contributed by atoms with Crippen molar-refractivity contribution in [3.8, 4) is 11.5 Å². The zero-order valence-electron chi connectivity index (χ0n) is 16.0. The van der Waals surface area contributed by atoms with Gasteiger partial charge in [0.2, 0.25) is 5.91 Å². The number of nitrogens with zero attached hydrogens (tertiary/aromatic N) is 1. The lowest BCUT2D eigenvalue weighted by atomic mass is 10.0. The van der Waals surface area contributed by atoms with Crippen LogP contribution in [-0.2, 0) is 11.3 Å². The molecule has 0 radical (unpaired) electrons. The molecule has 2 aromatic rings. The number of ether oxygens (including phenoxy) is 2. The maximum absolute atomic E-state index is 12.7. The number of hydrogen-bond donors (Lipinski definition) is 2. The Morgan fingerprint density at radius 1 is 1.07 bits per heavy atom. The zero-order chi connectivity index (χ0) is 19.8. The maximum atomic E-state index is 12.7. The second kappa shape index (κ2) is 9.56. The standard InChI is InChI=1S/C20H25N3O4/c1-13(2)18(20(25)22-12-15-7-5-6-8-21-15)23-19(24)14-9-16(26-3)11-17(10-14)27-4/h5-11,13,18H,12H2,1-4H3,(H,22,25)(H,23,24)/t18-/m0/s1. The summed E-state index contributed by atoms with van der Waals surface area (Å²) in [6, 6.07) is 9.68. The second-order valence-corrected chi connectivity index (χ2v) is 6.34. The number of benzene rings is 1. The highest BCUT2D eigenvalue weighted by Crippen LogP contribution is 2.22. The quantitative estimate of drug-likeness (QED) is 0.742. The van der Waals surface area contributed by atoms with Gasteiger partial charge in [-0.2, -0.15) is 0 Å². The first-order valence-corrected chi connectivity index (χ1v) is 8.66. The predicted molar refractivity (Wildman–Crippen MR) is 102 cm³/mol. The van der Waals surface area contributed by atoms with Gasteiger partial charge in [-0.3, -0.25) is 14.6 Å². The summed E-state index contributed by atoms with van der Waals surface area (Å²) in [7, 11) is 3.02. The van der Waals surface area contributed by atoms with Crippen molar-refractivity contribution in [2.24, 2.45) is 5.92 Å². The molecule has 7 nitrogen and oxygen atoms in total. The van der Waals surface area contributed by atoms with E-state index in [1.807, 2.05) is 32.0 Å². The Morgan fingerprint density at radius 2 is 1.74 bits per heavy atom. The number of aromatic nitrogens is 1. The maximum Gasteiger partial charge on any atom is 0.252 e. The number of hydrogen-bond acceptors (Lipinski definition) is 5. The van der Waals surface area contributed by atoms with E-state index in [-0.39, 0.29) is 17.7 Å². The van der Waals surface area contributed by atoms with Crippen LogP contribution in [0.2, 0.25) is 0 Å². The van der Waals surface area contributed by atoms with E-state index >= 15 is 0 Å². The van der Waals surface area contributed by atoms with E-state index in [1.54, 1.807) is 24.4 Å². The number of carbonyl (C=O) groups excluding carboxylic acids is 2. The lowest BCUT2D eigenvalue weighted by Crippen LogP contribution is -2.49. The molecular weight excluding hydrogens is 346 g/mol. The van der Waals surface area contributed by atoms with Crippen molar-refractivity contribution in [2.45, 2.75) is 26.4 Å². The number of methoxy groups -OCH3 is 2. The summed E-state index contributed by atoms with van der Waals surface area (Å²) in [4.78, 5) is 29.4. The average molecular weight is 371 g/mol. The molecule has 0 bridgehead atoms. The molecule has 0 aliphatic rings. The summed E-state index contributed by atoms with van der Waals surface area (Å²) in [6.07, 6.45) is 1.67. The third kappa shape index (κ3) is 5.70. The molecule has 2 rings (SSSR count). The Hall–Kier alpha value is -3.09. The highest BCUT2D eigenvalue weighted by molar-refractivity contribution is 5.98. The van der Waals surface area contributed by atoms with Crippen molar-refractivity contribution in [2.75, 3.05) is 14.2 Å². The molecule has 0 spiro atoms. The van der Waals surface area contributed by atoms with Gasteiger partial charge in [-0.05, 0) is 30.2 Å². The van der Waals surface area contributed by atoms with Crippen molar-refractivity contribution in [3.63, 3.8) is 0 Å². The highest BCUT2D eigenvalue weighted by atomic mass is 16.5. The molecule has 144 valence electrons. The molecular formula is C20H25N3O4.